The molecule has 3 aromatic rings. The molecule has 0 aliphatic carbocycles. The summed E-state index contributed by atoms with van der Waals surface area (Å²) in [6.45, 7) is 1.08. The van der Waals surface area contributed by atoms with Crippen molar-refractivity contribution in [3.63, 3.8) is 0 Å². The second kappa shape index (κ2) is 9.34. The number of fused-ring (bicyclic) bond motifs is 1. The highest BCUT2D eigenvalue weighted by Crippen LogP contribution is 2.56. The highest BCUT2D eigenvalue weighted by Gasteiger charge is 2.41. The fraction of sp³-hybridized carbons (Fsp3) is 0.364. The van der Waals surface area contributed by atoms with Gasteiger partial charge in [-0.2, -0.15) is 8.78 Å². The number of hydrogen-bond acceptors (Lipinski definition) is 9. The van der Waals surface area contributed by atoms with Crippen molar-refractivity contribution in [2.75, 3.05) is 25.1 Å². The first-order chi connectivity index (χ1) is 16.1. The quantitative estimate of drug-likeness (QED) is 0.542. The molecule has 0 radical (unpaired) electrons. The second-order valence-electron chi connectivity index (χ2n) is 7.64. The van der Waals surface area contributed by atoms with Crippen LogP contribution in [-0.2, 0) is 0 Å². The minimum atomic E-state index is -2.91. The Hall–Kier alpha value is -3.21. The summed E-state index contributed by atoms with van der Waals surface area (Å²) in [7, 11) is 0. The lowest BCUT2D eigenvalue weighted by atomic mass is 9.95. The van der Waals surface area contributed by atoms with Gasteiger partial charge in [-0.15, -0.1) is 11.8 Å². The van der Waals surface area contributed by atoms with Gasteiger partial charge in [-0.25, -0.2) is 15.0 Å². The predicted octanol–water partition coefficient (Wildman–Crippen LogP) is 4.21. The maximum absolute atomic E-state index is 12.5. The first-order valence-electron chi connectivity index (χ1n) is 10.4. The second-order valence-corrected chi connectivity index (χ2v) is 9.03. The molecule has 0 saturated carbocycles. The average Bonchev–Trinajstić information content (AvgIpc) is 2.83. The summed E-state index contributed by atoms with van der Waals surface area (Å²) >= 11 is 1.87. The summed E-state index contributed by atoms with van der Waals surface area (Å²) < 4.78 is 40.8. The third-order valence-corrected chi connectivity index (χ3v) is 7.47. The van der Waals surface area contributed by atoms with Crippen LogP contribution in [0.25, 0.3) is 11.3 Å². The van der Waals surface area contributed by atoms with Gasteiger partial charge in [0, 0.05) is 46.6 Å². The Bertz CT molecular complexity index is 1140. The third kappa shape index (κ3) is 4.63. The van der Waals surface area contributed by atoms with Crippen molar-refractivity contribution in [2.24, 2.45) is 5.92 Å². The number of hydrogen-bond donors (Lipinski definition) is 1. The lowest BCUT2D eigenvalue weighted by Gasteiger charge is -2.43. The largest absolute Gasteiger partial charge is 0.484 e. The van der Waals surface area contributed by atoms with Crippen molar-refractivity contribution in [2.45, 2.75) is 24.0 Å². The molecule has 8 nitrogen and oxygen atoms in total. The fourth-order valence-electron chi connectivity index (χ4n) is 3.87. The first kappa shape index (κ1) is 21.6. The van der Waals surface area contributed by atoms with E-state index < -0.39 is 6.61 Å². The fourth-order valence-corrected chi connectivity index (χ4v) is 5.33. The van der Waals surface area contributed by atoms with Crippen molar-refractivity contribution in [1.29, 1.82) is 0 Å². The topological polar surface area (TPSA) is 91.3 Å². The third-order valence-electron chi connectivity index (χ3n) is 5.55. The van der Waals surface area contributed by atoms with Gasteiger partial charge >= 0.3 is 6.61 Å². The standard InChI is InChI=1S/C22H21F2N5O3S/c1-12-17(33-20(12)15-2-3-26-21-19(15)30-4-5-31-21)10-27-18-7-16(28-11-29-18)13-6-14(9-25-8-13)32-22(23)24/h2-3,6-9,11-12,17,20,22H,4-5,10H2,1H3,(H,27,28,29)/t12-,17?,20?/m1/s1. The smallest absolute Gasteiger partial charge is 0.387 e. The number of halogens is 2. The van der Waals surface area contributed by atoms with E-state index in [-0.39, 0.29) is 5.75 Å². The van der Waals surface area contributed by atoms with Crippen LogP contribution in [0, 0.1) is 5.92 Å². The van der Waals surface area contributed by atoms with E-state index >= 15 is 0 Å². The number of nitrogens with one attached hydrogen (secondary N) is 1. The van der Waals surface area contributed by atoms with E-state index in [2.05, 4.69) is 36.9 Å². The molecule has 3 aromatic heterocycles. The molecule has 5 heterocycles. The molecule has 0 spiro atoms. The van der Waals surface area contributed by atoms with Crippen LogP contribution in [0.15, 0.2) is 43.1 Å². The van der Waals surface area contributed by atoms with Crippen LogP contribution >= 0.6 is 11.8 Å². The Labute approximate surface area is 193 Å². The first-order valence-corrected chi connectivity index (χ1v) is 11.4. The number of pyridine rings is 2. The summed E-state index contributed by atoms with van der Waals surface area (Å²) in [4.78, 5) is 16.7. The molecule has 2 aliphatic heterocycles. The summed E-state index contributed by atoms with van der Waals surface area (Å²) in [5.74, 6) is 2.36. The van der Waals surface area contributed by atoms with Gasteiger partial charge in [-0.05, 0) is 18.1 Å². The van der Waals surface area contributed by atoms with E-state index in [1.807, 2.05) is 17.8 Å². The van der Waals surface area contributed by atoms with Crippen molar-refractivity contribution >= 4 is 17.6 Å². The molecule has 1 N–H and O–H groups in total. The van der Waals surface area contributed by atoms with E-state index in [1.165, 1.54) is 18.6 Å². The number of anilines is 1. The molecular weight excluding hydrogens is 452 g/mol. The lowest BCUT2D eigenvalue weighted by molar-refractivity contribution is -0.0500. The molecule has 1 saturated heterocycles. The van der Waals surface area contributed by atoms with Crippen molar-refractivity contribution < 1.29 is 23.0 Å². The number of aromatic nitrogens is 4. The van der Waals surface area contributed by atoms with Gasteiger partial charge in [-0.1, -0.05) is 6.92 Å². The zero-order valence-electron chi connectivity index (χ0n) is 17.6. The van der Waals surface area contributed by atoms with Gasteiger partial charge in [0.2, 0.25) is 0 Å². The Balaban J connectivity index is 1.22. The van der Waals surface area contributed by atoms with E-state index in [1.54, 1.807) is 18.5 Å². The summed E-state index contributed by atoms with van der Waals surface area (Å²) in [5, 5.41) is 4.04. The van der Waals surface area contributed by atoms with Gasteiger partial charge in [0.15, 0.2) is 5.75 Å². The minimum Gasteiger partial charge on any atom is -0.484 e. The van der Waals surface area contributed by atoms with Gasteiger partial charge in [0.1, 0.15) is 31.1 Å². The average molecular weight is 474 g/mol. The zero-order chi connectivity index (χ0) is 22.8. The normalized spacial score (nSPS) is 21.4. The molecule has 0 aromatic carbocycles. The summed E-state index contributed by atoms with van der Waals surface area (Å²) in [5.41, 5.74) is 2.25. The van der Waals surface area contributed by atoms with Crippen molar-refractivity contribution in [3.8, 4) is 28.6 Å². The van der Waals surface area contributed by atoms with Crippen LogP contribution in [0.5, 0.6) is 17.4 Å². The zero-order valence-corrected chi connectivity index (χ0v) is 18.5. The van der Waals surface area contributed by atoms with E-state index in [9.17, 15) is 8.78 Å². The van der Waals surface area contributed by atoms with Crippen LogP contribution in [0.1, 0.15) is 17.7 Å². The molecule has 2 unspecified atom stereocenters. The number of thioether (sulfide) groups is 1. The molecule has 5 rings (SSSR count). The van der Waals surface area contributed by atoms with Gasteiger partial charge < -0.3 is 19.5 Å². The Morgan fingerprint density at radius 2 is 2.06 bits per heavy atom. The Kier molecular flexibility index (Phi) is 6.12. The molecule has 11 heteroatoms. The highest BCUT2D eigenvalue weighted by molar-refractivity contribution is 8.01. The van der Waals surface area contributed by atoms with E-state index in [0.717, 1.165) is 17.9 Å². The molecule has 0 amide bonds. The van der Waals surface area contributed by atoms with Crippen LogP contribution in [0.2, 0.25) is 0 Å². The van der Waals surface area contributed by atoms with Gasteiger partial charge in [0.05, 0.1) is 11.9 Å². The molecule has 0 bridgehead atoms. The molecular formula is C22H21F2N5O3S. The van der Waals surface area contributed by atoms with Crippen LogP contribution in [0.4, 0.5) is 14.6 Å². The van der Waals surface area contributed by atoms with E-state index in [0.29, 0.717) is 52.6 Å². The highest BCUT2D eigenvalue weighted by atomic mass is 32.2. The summed E-state index contributed by atoms with van der Waals surface area (Å²) in [6, 6.07) is 5.24. The summed E-state index contributed by atoms with van der Waals surface area (Å²) in [6.07, 6.45) is 5.97. The minimum absolute atomic E-state index is 0.0194. The van der Waals surface area contributed by atoms with Crippen LogP contribution in [0.3, 0.4) is 0 Å². The Morgan fingerprint density at radius 1 is 1.18 bits per heavy atom. The predicted molar refractivity (Wildman–Crippen MR) is 119 cm³/mol. The number of rotatable bonds is 7. The van der Waals surface area contributed by atoms with Gasteiger partial charge in [-0.3, -0.25) is 4.98 Å². The molecule has 2 aliphatic rings. The lowest BCUT2D eigenvalue weighted by Crippen LogP contribution is -2.37. The van der Waals surface area contributed by atoms with Crippen molar-refractivity contribution in [3.05, 3.63) is 48.7 Å². The van der Waals surface area contributed by atoms with E-state index in [4.69, 9.17) is 9.47 Å². The molecule has 1 fully saturated rings. The maximum Gasteiger partial charge on any atom is 0.387 e. The monoisotopic (exact) mass is 473 g/mol. The number of nitrogens with zero attached hydrogens (tertiary/aromatic N) is 4. The van der Waals surface area contributed by atoms with Crippen molar-refractivity contribution in [1.82, 2.24) is 19.9 Å². The molecule has 33 heavy (non-hydrogen) atoms. The number of ether oxygens (including phenoxy) is 3. The van der Waals surface area contributed by atoms with Gasteiger partial charge in [0.25, 0.3) is 5.88 Å². The SMILES string of the molecule is C[C@@H]1C(CNc2cc(-c3cncc(OC(F)F)c3)ncn2)SC1c1ccnc2c1OCCO2. The number of alkyl halides is 2. The van der Waals surface area contributed by atoms with Crippen LogP contribution < -0.4 is 19.5 Å². The molecule has 172 valence electrons. The maximum atomic E-state index is 12.5. The Morgan fingerprint density at radius 3 is 2.91 bits per heavy atom. The molecule has 3 atom stereocenters. The van der Waals surface area contributed by atoms with Crippen LogP contribution in [-0.4, -0.2) is 51.6 Å².